The van der Waals surface area contributed by atoms with Crippen LogP contribution in [0.4, 0.5) is 0 Å². The molecular formula is C19H24N2O2S. The Morgan fingerprint density at radius 3 is 2.83 bits per heavy atom. The van der Waals surface area contributed by atoms with E-state index in [9.17, 15) is 4.79 Å². The van der Waals surface area contributed by atoms with Gasteiger partial charge in [0.15, 0.2) is 5.76 Å². The molecule has 4 nitrogen and oxygen atoms in total. The van der Waals surface area contributed by atoms with Crippen LogP contribution in [0.2, 0.25) is 0 Å². The summed E-state index contributed by atoms with van der Waals surface area (Å²) in [6.07, 6.45) is 3.46. The quantitative estimate of drug-likeness (QED) is 0.919. The lowest BCUT2D eigenvalue weighted by Crippen LogP contribution is -2.39. The fourth-order valence-electron chi connectivity index (χ4n) is 4.12. The maximum absolute atomic E-state index is 13.2. The van der Waals surface area contributed by atoms with E-state index < -0.39 is 0 Å². The van der Waals surface area contributed by atoms with Crippen molar-refractivity contribution in [3.05, 3.63) is 45.5 Å². The summed E-state index contributed by atoms with van der Waals surface area (Å²) in [6.45, 7) is 6.67. The number of piperidine rings is 1. The van der Waals surface area contributed by atoms with Crippen LogP contribution in [0.5, 0.6) is 0 Å². The van der Waals surface area contributed by atoms with E-state index in [4.69, 9.17) is 4.42 Å². The van der Waals surface area contributed by atoms with Gasteiger partial charge in [-0.25, -0.2) is 0 Å². The van der Waals surface area contributed by atoms with Gasteiger partial charge in [0, 0.05) is 18.2 Å². The molecule has 1 spiro atoms. The Hall–Kier alpha value is -1.59. The summed E-state index contributed by atoms with van der Waals surface area (Å²) in [7, 11) is 0. The molecule has 2 aromatic heterocycles. The standard InChI is InChI=1S/C19H24N2O2S/c1-13-9-14(2)23-17(13)18(22)21(11-15-3-8-24-12-15)16-10-19(16)4-6-20-7-5-19/h3,8-9,12,16,20H,4-7,10-11H2,1-2H3. The van der Waals surface area contributed by atoms with Gasteiger partial charge < -0.3 is 14.6 Å². The van der Waals surface area contributed by atoms with E-state index >= 15 is 0 Å². The van der Waals surface area contributed by atoms with Crippen molar-refractivity contribution >= 4 is 17.2 Å². The molecule has 1 N–H and O–H groups in total. The number of furan rings is 1. The molecule has 1 aliphatic carbocycles. The third kappa shape index (κ3) is 2.80. The van der Waals surface area contributed by atoms with E-state index in [0.717, 1.165) is 30.8 Å². The number of carbonyl (C=O) groups excluding carboxylic acids is 1. The zero-order valence-corrected chi connectivity index (χ0v) is 15.1. The Bertz CT molecular complexity index is 729. The van der Waals surface area contributed by atoms with Crippen molar-refractivity contribution in [2.45, 2.75) is 45.7 Å². The first-order chi connectivity index (χ1) is 11.6. The summed E-state index contributed by atoms with van der Waals surface area (Å²) in [5, 5.41) is 7.65. The van der Waals surface area contributed by atoms with E-state index in [1.54, 1.807) is 11.3 Å². The van der Waals surface area contributed by atoms with Gasteiger partial charge in [-0.3, -0.25) is 4.79 Å². The third-order valence-corrected chi connectivity index (χ3v) is 6.28. The summed E-state index contributed by atoms with van der Waals surface area (Å²) in [5.41, 5.74) is 2.48. The first-order valence-electron chi connectivity index (χ1n) is 8.69. The molecular weight excluding hydrogens is 320 g/mol. The number of nitrogens with zero attached hydrogens (tertiary/aromatic N) is 1. The second-order valence-electron chi connectivity index (χ2n) is 7.27. The summed E-state index contributed by atoms with van der Waals surface area (Å²) in [4.78, 5) is 15.3. The molecule has 1 atom stereocenters. The summed E-state index contributed by atoms with van der Waals surface area (Å²) < 4.78 is 5.73. The molecule has 4 rings (SSSR count). The maximum Gasteiger partial charge on any atom is 0.290 e. The van der Waals surface area contributed by atoms with Gasteiger partial charge in [0.05, 0.1) is 0 Å². The number of hydrogen-bond donors (Lipinski definition) is 1. The Morgan fingerprint density at radius 2 is 2.21 bits per heavy atom. The van der Waals surface area contributed by atoms with Gasteiger partial charge in [0.2, 0.25) is 0 Å². The number of nitrogens with one attached hydrogen (secondary N) is 1. The molecule has 1 saturated carbocycles. The minimum absolute atomic E-state index is 0.0483. The van der Waals surface area contributed by atoms with Gasteiger partial charge in [-0.05, 0) is 80.1 Å². The molecule has 5 heteroatoms. The lowest BCUT2D eigenvalue weighted by atomic mass is 9.93. The van der Waals surface area contributed by atoms with Gasteiger partial charge in [-0.2, -0.15) is 11.3 Å². The van der Waals surface area contributed by atoms with Crippen LogP contribution in [0, 0.1) is 19.3 Å². The first kappa shape index (κ1) is 15.9. The monoisotopic (exact) mass is 344 g/mol. The van der Waals surface area contributed by atoms with Crippen LogP contribution >= 0.6 is 11.3 Å². The van der Waals surface area contributed by atoms with Crippen LogP contribution in [0.25, 0.3) is 0 Å². The Labute approximate surface area is 146 Å². The SMILES string of the molecule is Cc1cc(C)c(C(=O)N(Cc2ccsc2)C2CC23CCNCC3)o1. The van der Waals surface area contributed by atoms with Gasteiger partial charge in [0.25, 0.3) is 5.91 Å². The molecule has 1 amide bonds. The van der Waals surface area contributed by atoms with E-state index in [-0.39, 0.29) is 5.91 Å². The molecule has 0 bridgehead atoms. The molecule has 2 aliphatic rings. The maximum atomic E-state index is 13.2. The lowest BCUT2D eigenvalue weighted by Gasteiger charge is -2.29. The van der Waals surface area contributed by atoms with Crippen LogP contribution in [-0.2, 0) is 6.54 Å². The molecule has 2 fully saturated rings. The second kappa shape index (κ2) is 6.05. The molecule has 0 radical (unpaired) electrons. The van der Waals surface area contributed by atoms with E-state index in [2.05, 4.69) is 27.0 Å². The van der Waals surface area contributed by atoms with Crippen LogP contribution in [0.3, 0.4) is 0 Å². The fraction of sp³-hybridized carbons (Fsp3) is 0.526. The summed E-state index contributed by atoms with van der Waals surface area (Å²) in [5.74, 6) is 1.37. The lowest BCUT2D eigenvalue weighted by molar-refractivity contribution is 0.0657. The average Bonchev–Trinajstić information content (AvgIpc) is 2.92. The Morgan fingerprint density at radius 1 is 1.42 bits per heavy atom. The van der Waals surface area contributed by atoms with Crippen molar-refractivity contribution in [1.29, 1.82) is 0 Å². The van der Waals surface area contributed by atoms with Crippen molar-refractivity contribution in [2.24, 2.45) is 5.41 Å². The topological polar surface area (TPSA) is 45.5 Å². The highest BCUT2D eigenvalue weighted by atomic mass is 32.1. The van der Waals surface area contributed by atoms with Crippen LogP contribution in [0.15, 0.2) is 27.3 Å². The number of amides is 1. The van der Waals surface area contributed by atoms with Crippen molar-refractivity contribution in [2.75, 3.05) is 13.1 Å². The van der Waals surface area contributed by atoms with E-state index in [0.29, 0.717) is 23.8 Å². The van der Waals surface area contributed by atoms with E-state index in [1.165, 1.54) is 18.4 Å². The Kier molecular flexibility index (Phi) is 4.01. The largest absolute Gasteiger partial charge is 0.456 e. The number of carbonyl (C=O) groups is 1. The molecule has 24 heavy (non-hydrogen) atoms. The smallest absolute Gasteiger partial charge is 0.290 e. The van der Waals surface area contributed by atoms with Crippen LogP contribution < -0.4 is 5.32 Å². The van der Waals surface area contributed by atoms with Crippen LogP contribution in [0.1, 0.15) is 46.7 Å². The molecule has 0 aromatic carbocycles. The highest BCUT2D eigenvalue weighted by Gasteiger charge is 2.58. The van der Waals surface area contributed by atoms with Crippen molar-refractivity contribution in [3.63, 3.8) is 0 Å². The molecule has 1 unspecified atom stereocenters. The number of thiophene rings is 1. The Balaban J connectivity index is 1.61. The minimum Gasteiger partial charge on any atom is -0.456 e. The zero-order valence-electron chi connectivity index (χ0n) is 14.3. The summed E-state index contributed by atoms with van der Waals surface area (Å²) in [6, 6.07) is 4.41. The molecule has 1 saturated heterocycles. The molecule has 3 heterocycles. The average molecular weight is 344 g/mol. The number of aryl methyl sites for hydroxylation is 2. The highest BCUT2D eigenvalue weighted by Crippen LogP contribution is 2.56. The van der Waals surface area contributed by atoms with Gasteiger partial charge in [-0.15, -0.1) is 0 Å². The van der Waals surface area contributed by atoms with Gasteiger partial charge >= 0.3 is 0 Å². The fourth-order valence-corrected chi connectivity index (χ4v) is 4.78. The molecule has 128 valence electrons. The van der Waals surface area contributed by atoms with Gasteiger partial charge in [0.1, 0.15) is 5.76 Å². The second-order valence-corrected chi connectivity index (χ2v) is 8.05. The summed E-state index contributed by atoms with van der Waals surface area (Å²) >= 11 is 1.68. The first-order valence-corrected chi connectivity index (χ1v) is 9.63. The normalized spacial score (nSPS) is 21.8. The third-order valence-electron chi connectivity index (χ3n) is 5.55. The molecule has 2 aromatic rings. The van der Waals surface area contributed by atoms with Crippen LogP contribution in [-0.4, -0.2) is 29.9 Å². The number of hydrogen-bond acceptors (Lipinski definition) is 4. The van der Waals surface area contributed by atoms with Crippen molar-refractivity contribution < 1.29 is 9.21 Å². The van der Waals surface area contributed by atoms with Gasteiger partial charge in [-0.1, -0.05) is 0 Å². The predicted octanol–water partition coefficient (Wildman–Crippen LogP) is 3.74. The predicted molar refractivity (Wildman–Crippen MR) is 95.3 cm³/mol. The zero-order chi connectivity index (χ0) is 16.7. The van der Waals surface area contributed by atoms with Crippen molar-refractivity contribution in [1.82, 2.24) is 10.2 Å². The minimum atomic E-state index is 0.0483. The highest BCUT2D eigenvalue weighted by molar-refractivity contribution is 7.07. The van der Waals surface area contributed by atoms with Crippen molar-refractivity contribution in [3.8, 4) is 0 Å². The number of rotatable bonds is 4. The molecule has 1 aliphatic heterocycles. The van der Waals surface area contributed by atoms with E-state index in [1.807, 2.05) is 19.9 Å².